The predicted octanol–water partition coefficient (Wildman–Crippen LogP) is 10.1. The second-order valence-corrected chi connectivity index (χ2v) is 15.2. The van der Waals surface area contributed by atoms with Gasteiger partial charge < -0.3 is 28.6 Å². The summed E-state index contributed by atoms with van der Waals surface area (Å²) < 4.78 is 17.0. The number of aliphatic carboxylic acids is 1. The van der Waals surface area contributed by atoms with Gasteiger partial charge >= 0.3 is 11.9 Å². The first-order chi connectivity index (χ1) is 26.1. The summed E-state index contributed by atoms with van der Waals surface area (Å²) in [7, 11) is 5.38. The lowest BCUT2D eigenvalue weighted by atomic mass is 10.0. The Morgan fingerprint density at radius 3 is 1.52 bits per heavy atom. The molecule has 0 aliphatic rings. The molecular formula is C46H79NO7. The molecule has 0 fully saturated rings. The van der Waals surface area contributed by atoms with E-state index in [1.807, 2.05) is 12.2 Å². The fourth-order valence-electron chi connectivity index (χ4n) is 5.91. The number of carbonyl (C=O) groups is 3. The molecule has 0 aromatic heterocycles. The molecule has 2 atom stereocenters. The van der Waals surface area contributed by atoms with Crippen LogP contribution in [0.2, 0.25) is 0 Å². The number of esters is 2. The summed E-state index contributed by atoms with van der Waals surface area (Å²) in [6, 6.07) is -0.733. The van der Waals surface area contributed by atoms with Gasteiger partial charge in [0, 0.05) is 19.3 Å². The number of unbranched alkanes of at least 4 members (excludes halogenated alkanes) is 13. The van der Waals surface area contributed by atoms with Crippen molar-refractivity contribution in [3.63, 3.8) is 0 Å². The molecule has 0 spiro atoms. The maximum absolute atomic E-state index is 12.7. The van der Waals surface area contributed by atoms with Crippen LogP contribution < -0.4 is 5.11 Å². The predicted molar refractivity (Wildman–Crippen MR) is 222 cm³/mol. The number of likely N-dealkylation sites (N-methyl/N-ethyl adjacent to an activating group) is 1. The van der Waals surface area contributed by atoms with E-state index >= 15 is 0 Å². The lowest BCUT2D eigenvalue weighted by Gasteiger charge is -2.34. The molecule has 0 heterocycles. The molecule has 8 nitrogen and oxygen atoms in total. The molecule has 0 aromatic carbocycles. The van der Waals surface area contributed by atoms with Gasteiger partial charge in [-0.3, -0.25) is 9.59 Å². The smallest absolute Gasteiger partial charge is 0.306 e. The van der Waals surface area contributed by atoms with Crippen molar-refractivity contribution in [2.75, 3.05) is 41.0 Å². The number of nitrogens with zero attached hydrogens (tertiary/aromatic N) is 1. The molecule has 0 N–H and O–H groups in total. The van der Waals surface area contributed by atoms with Crippen LogP contribution >= 0.6 is 0 Å². The van der Waals surface area contributed by atoms with E-state index in [1.54, 1.807) is 21.1 Å². The molecule has 2 unspecified atom stereocenters. The van der Waals surface area contributed by atoms with Gasteiger partial charge in [-0.15, -0.1) is 0 Å². The van der Waals surface area contributed by atoms with E-state index < -0.39 is 18.1 Å². The SMILES string of the molecule is CC/C=C/C/C=C/C/C=C/CCCCCCCCCCCCCCCC(=O)OC(COCCC(C(=O)[O-])[N+](C)(C)C)COC(=O)CC/C=C/C/C=C/CC. The largest absolute Gasteiger partial charge is 0.544 e. The molecule has 0 aromatic rings. The van der Waals surface area contributed by atoms with Gasteiger partial charge in [0.25, 0.3) is 0 Å². The summed E-state index contributed by atoms with van der Waals surface area (Å²) in [5.41, 5.74) is 0. The fourth-order valence-corrected chi connectivity index (χ4v) is 5.91. The number of quaternary nitrogens is 1. The molecule has 310 valence electrons. The van der Waals surface area contributed by atoms with Crippen molar-refractivity contribution in [1.29, 1.82) is 0 Å². The average Bonchev–Trinajstić information content (AvgIpc) is 3.12. The van der Waals surface area contributed by atoms with E-state index in [0.29, 0.717) is 12.8 Å². The molecule has 54 heavy (non-hydrogen) atoms. The quantitative estimate of drug-likeness (QED) is 0.0269. The van der Waals surface area contributed by atoms with E-state index in [-0.39, 0.29) is 49.1 Å². The molecule has 0 saturated carbocycles. The van der Waals surface area contributed by atoms with Crippen molar-refractivity contribution in [2.45, 2.75) is 174 Å². The maximum atomic E-state index is 12.7. The Hall–Kier alpha value is -2.97. The lowest BCUT2D eigenvalue weighted by molar-refractivity contribution is -0.889. The van der Waals surface area contributed by atoms with Gasteiger partial charge in [0.1, 0.15) is 12.6 Å². The van der Waals surface area contributed by atoms with E-state index in [9.17, 15) is 19.5 Å². The summed E-state index contributed by atoms with van der Waals surface area (Å²) in [5, 5.41) is 11.6. The van der Waals surface area contributed by atoms with Crippen LogP contribution in [0.25, 0.3) is 0 Å². The Morgan fingerprint density at radius 1 is 0.556 bits per heavy atom. The Balaban J connectivity index is 4.18. The first-order valence-electron chi connectivity index (χ1n) is 21.3. The second-order valence-electron chi connectivity index (χ2n) is 15.2. The molecule has 8 heteroatoms. The molecule has 0 bridgehead atoms. The molecule has 0 rings (SSSR count). The zero-order chi connectivity index (χ0) is 40.0. The third-order valence-electron chi connectivity index (χ3n) is 9.16. The summed E-state index contributed by atoms with van der Waals surface area (Å²) in [6.07, 6.45) is 44.4. The van der Waals surface area contributed by atoms with Crippen molar-refractivity contribution >= 4 is 17.9 Å². The van der Waals surface area contributed by atoms with Gasteiger partial charge in [0.05, 0.1) is 40.3 Å². The highest BCUT2D eigenvalue weighted by molar-refractivity contribution is 5.70. The van der Waals surface area contributed by atoms with Gasteiger partial charge in [0.2, 0.25) is 0 Å². The molecular weight excluding hydrogens is 679 g/mol. The van der Waals surface area contributed by atoms with Crippen LogP contribution in [-0.4, -0.2) is 75.5 Å². The van der Waals surface area contributed by atoms with Crippen LogP contribution in [0.5, 0.6) is 0 Å². The lowest BCUT2D eigenvalue weighted by Crippen LogP contribution is -2.55. The Bertz CT molecular complexity index is 1070. The molecule has 0 radical (unpaired) electrons. The van der Waals surface area contributed by atoms with Crippen molar-refractivity contribution < 1.29 is 38.2 Å². The summed E-state index contributed by atoms with van der Waals surface area (Å²) >= 11 is 0. The average molecular weight is 758 g/mol. The van der Waals surface area contributed by atoms with E-state index in [4.69, 9.17) is 14.2 Å². The number of ether oxygens (including phenoxy) is 3. The minimum Gasteiger partial charge on any atom is -0.544 e. The fraction of sp³-hybridized carbons (Fsp3) is 0.717. The van der Waals surface area contributed by atoms with Gasteiger partial charge in [-0.05, 0) is 57.8 Å². The zero-order valence-corrected chi connectivity index (χ0v) is 35.1. The van der Waals surface area contributed by atoms with E-state index in [1.165, 1.54) is 70.6 Å². The standard InChI is InChI=1S/C46H79NO7/c1-6-8-10-12-14-15-16-17-18-19-20-21-22-23-24-25-26-27-28-29-31-33-35-37-45(49)54-42(40-52-39-38-43(46(50)51)47(3,4)5)41-53-44(48)36-34-32-30-13-11-9-7-2/h8-11,14-15,17-18,30,32,42-43H,6-7,12-13,16,19-29,31,33-41H2,1-5H3/b10-8+,11-9+,15-14+,18-17+,32-30+. The maximum Gasteiger partial charge on any atom is 0.306 e. The zero-order valence-electron chi connectivity index (χ0n) is 35.1. The van der Waals surface area contributed by atoms with Gasteiger partial charge in [-0.2, -0.15) is 0 Å². The number of hydrogen-bond acceptors (Lipinski definition) is 7. The van der Waals surface area contributed by atoms with E-state index in [2.05, 4.69) is 62.5 Å². The monoisotopic (exact) mass is 758 g/mol. The Labute approximate surface area is 330 Å². The Morgan fingerprint density at radius 2 is 1.02 bits per heavy atom. The highest BCUT2D eigenvalue weighted by atomic mass is 16.6. The van der Waals surface area contributed by atoms with Crippen LogP contribution in [0.1, 0.15) is 162 Å². The van der Waals surface area contributed by atoms with E-state index in [0.717, 1.165) is 51.4 Å². The molecule has 0 amide bonds. The number of carbonyl (C=O) groups excluding carboxylic acids is 3. The van der Waals surface area contributed by atoms with Crippen molar-refractivity contribution in [3.8, 4) is 0 Å². The third-order valence-corrected chi connectivity index (χ3v) is 9.16. The molecule has 0 aliphatic carbocycles. The topological polar surface area (TPSA) is 102 Å². The van der Waals surface area contributed by atoms with Gasteiger partial charge in [-0.25, -0.2) is 0 Å². The van der Waals surface area contributed by atoms with Crippen LogP contribution in [0.3, 0.4) is 0 Å². The third kappa shape index (κ3) is 34.8. The van der Waals surface area contributed by atoms with Crippen molar-refractivity contribution in [2.24, 2.45) is 0 Å². The first-order valence-corrected chi connectivity index (χ1v) is 21.3. The van der Waals surface area contributed by atoms with Crippen molar-refractivity contribution in [3.05, 3.63) is 60.8 Å². The van der Waals surface area contributed by atoms with Crippen LogP contribution in [0.15, 0.2) is 60.8 Å². The minimum absolute atomic E-state index is 0.0212. The summed E-state index contributed by atoms with van der Waals surface area (Å²) in [4.78, 5) is 36.6. The summed E-state index contributed by atoms with van der Waals surface area (Å²) in [6.45, 7) is 4.33. The highest BCUT2D eigenvalue weighted by Gasteiger charge is 2.25. The number of carboxylic acids is 1. The normalized spacial score (nSPS) is 13.6. The van der Waals surface area contributed by atoms with Crippen molar-refractivity contribution in [1.82, 2.24) is 0 Å². The molecule has 0 saturated heterocycles. The Kier molecular flexibility index (Phi) is 34.9. The van der Waals surface area contributed by atoms with Crippen LogP contribution in [0, 0.1) is 0 Å². The molecule has 0 aliphatic heterocycles. The number of rotatable bonds is 37. The van der Waals surface area contributed by atoms with Gasteiger partial charge in [0.15, 0.2) is 6.10 Å². The second kappa shape index (κ2) is 37.0. The highest BCUT2D eigenvalue weighted by Crippen LogP contribution is 2.14. The number of carboxylic acid groups (broad SMARTS) is 1. The number of allylic oxidation sites excluding steroid dienone is 10. The van der Waals surface area contributed by atoms with Crippen LogP contribution in [0.4, 0.5) is 0 Å². The first kappa shape index (κ1) is 51.0. The van der Waals surface area contributed by atoms with Crippen LogP contribution in [-0.2, 0) is 28.6 Å². The minimum atomic E-state index is -1.13. The summed E-state index contributed by atoms with van der Waals surface area (Å²) in [5.74, 6) is -1.83. The number of hydrogen-bond donors (Lipinski definition) is 0. The van der Waals surface area contributed by atoms with Gasteiger partial charge in [-0.1, -0.05) is 145 Å².